The van der Waals surface area contributed by atoms with Gasteiger partial charge in [0.05, 0.1) is 12.6 Å². The van der Waals surface area contributed by atoms with Crippen LogP contribution in [0.5, 0.6) is 11.5 Å². The SMILES string of the molecule is CC1=C(CNN=O)C2(CCN(C(=O)c3ccc(OC(C)C)cc3C)CC2)Oc2ccccc21. The van der Waals surface area contributed by atoms with Crippen molar-refractivity contribution in [3.8, 4) is 11.5 Å². The molecule has 7 heteroatoms. The van der Waals surface area contributed by atoms with Crippen LogP contribution in [0.25, 0.3) is 5.57 Å². The Morgan fingerprint density at radius 2 is 1.91 bits per heavy atom. The number of allylic oxidation sites excluding steroid dienone is 1. The second-order valence-corrected chi connectivity index (χ2v) is 9.06. The number of para-hydroxylation sites is 1. The molecule has 0 aromatic heterocycles. The number of hydrogen-bond donors (Lipinski definition) is 1. The van der Waals surface area contributed by atoms with Gasteiger partial charge in [0, 0.05) is 42.3 Å². The predicted octanol–water partition coefficient (Wildman–Crippen LogP) is 4.89. The summed E-state index contributed by atoms with van der Waals surface area (Å²) < 4.78 is 12.3. The Kier molecular flexibility index (Phi) is 6.40. The molecule has 2 aromatic rings. The van der Waals surface area contributed by atoms with E-state index in [1.165, 1.54) is 0 Å². The van der Waals surface area contributed by atoms with Crippen molar-refractivity contribution in [2.45, 2.75) is 52.2 Å². The zero-order valence-electron chi connectivity index (χ0n) is 19.7. The average Bonchev–Trinajstić information content (AvgIpc) is 2.79. The van der Waals surface area contributed by atoms with Gasteiger partial charge < -0.3 is 14.4 Å². The summed E-state index contributed by atoms with van der Waals surface area (Å²) in [4.78, 5) is 26.0. The lowest BCUT2D eigenvalue weighted by atomic mass is 9.78. The number of benzene rings is 2. The molecule has 1 saturated heterocycles. The van der Waals surface area contributed by atoms with E-state index in [4.69, 9.17) is 9.47 Å². The molecule has 0 aliphatic carbocycles. The third-order valence-electron chi connectivity index (χ3n) is 6.58. The molecule has 1 fully saturated rings. The standard InChI is InChI=1S/C26H31N3O4/c1-17(2)32-20-9-10-21(18(3)15-20)25(30)29-13-11-26(12-14-29)23(16-27-28-31)19(4)22-7-5-6-8-24(22)33-26/h5-10,15,17H,11-14,16H2,1-4H3,(H,27,31). The number of nitrogens with zero attached hydrogens (tertiary/aromatic N) is 2. The number of piperidine rings is 1. The second-order valence-electron chi connectivity index (χ2n) is 9.06. The number of nitrogens with one attached hydrogen (secondary N) is 1. The Hall–Kier alpha value is -3.35. The lowest BCUT2D eigenvalue weighted by Crippen LogP contribution is -2.53. The van der Waals surface area contributed by atoms with Crippen LogP contribution in [0.3, 0.4) is 0 Å². The highest BCUT2D eigenvalue weighted by Gasteiger charge is 2.45. The van der Waals surface area contributed by atoms with Crippen LogP contribution in [-0.2, 0) is 0 Å². The molecular formula is C26H31N3O4. The van der Waals surface area contributed by atoms with Crippen molar-refractivity contribution in [1.29, 1.82) is 0 Å². The molecule has 1 spiro atoms. The molecule has 0 saturated carbocycles. The minimum atomic E-state index is -0.559. The lowest BCUT2D eigenvalue weighted by Gasteiger charge is -2.46. The van der Waals surface area contributed by atoms with Gasteiger partial charge in [-0.3, -0.25) is 10.2 Å². The summed E-state index contributed by atoms with van der Waals surface area (Å²) in [6.45, 7) is 9.42. The summed E-state index contributed by atoms with van der Waals surface area (Å²) in [6, 6.07) is 13.6. The molecule has 2 aliphatic heterocycles. The van der Waals surface area contributed by atoms with Crippen molar-refractivity contribution in [3.05, 3.63) is 69.6 Å². The molecule has 0 radical (unpaired) electrons. The molecule has 174 valence electrons. The summed E-state index contributed by atoms with van der Waals surface area (Å²) in [6.07, 6.45) is 1.38. The number of hydrogen-bond acceptors (Lipinski definition) is 5. The highest BCUT2D eigenvalue weighted by molar-refractivity contribution is 5.96. The molecule has 1 amide bonds. The fourth-order valence-electron chi connectivity index (χ4n) is 4.91. The number of ether oxygens (including phenoxy) is 2. The van der Waals surface area contributed by atoms with Gasteiger partial charge in [-0.05, 0) is 68.7 Å². The van der Waals surface area contributed by atoms with Crippen molar-refractivity contribution < 1.29 is 14.3 Å². The van der Waals surface area contributed by atoms with E-state index in [1.54, 1.807) is 0 Å². The third-order valence-corrected chi connectivity index (χ3v) is 6.58. The predicted molar refractivity (Wildman–Crippen MR) is 128 cm³/mol. The van der Waals surface area contributed by atoms with Gasteiger partial charge in [0.15, 0.2) is 0 Å². The Balaban J connectivity index is 1.54. The van der Waals surface area contributed by atoms with Crippen LogP contribution < -0.4 is 14.9 Å². The minimum Gasteiger partial charge on any atom is -0.491 e. The van der Waals surface area contributed by atoms with Crippen LogP contribution in [0.2, 0.25) is 0 Å². The first-order chi connectivity index (χ1) is 15.8. The minimum absolute atomic E-state index is 0.0181. The maximum Gasteiger partial charge on any atom is 0.254 e. The largest absolute Gasteiger partial charge is 0.491 e. The highest BCUT2D eigenvalue weighted by Crippen LogP contribution is 2.45. The van der Waals surface area contributed by atoms with Crippen molar-refractivity contribution in [3.63, 3.8) is 0 Å². The maximum absolute atomic E-state index is 13.3. The van der Waals surface area contributed by atoms with E-state index in [2.05, 4.69) is 17.6 Å². The summed E-state index contributed by atoms with van der Waals surface area (Å²) in [5.41, 5.74) is 6.77. The van der Waals surface area contributed by atoms with Gasteiger partial charge in [0.25, 0.3) is 5.91 Å². The highest BCUT2D eigenvalue weighted by atomic mass is 16.5. The van der Waals surface area contributed by atoms with Gasteiger partial charge in [-0.15, -0.1) is 4.91 Å². The first-order valence-electron chi connectivity index (χ1n) is 11.4. The Morgan fingerprint density at radius 1 is 1.18 bits per heavy atom. The zero-order chi connectivity index (χ0) is 23.6. The number of nitroso groups, excluding NO2 is 1. The number of rotatable bonds is 6. The number of fused-ring (bicyclic) bond motifs is 1. The van der Waals surface area contributed by atoms with Crippen molar-refractivity contribution in [1.82, 2.24) is 10.3 Å². The molecular weight excluding hydrogens is 418 g/mol. The molecule has 1 N–H and O–H groups in total. The maximum atomic E-state index is 13.3. The van der Waals surface area contributed by atoms with E-state index in [1.807, 2.05) is 68.1 Å². The topological polar surface area (TPSA) is 80.2 Å². The number of carbonyl (C=O) groups is 1. The first kappa shape index (κ1) is 22.8. The van der Waals surface area contributed by atoms with Crippen LogP contribution in [0, 0.1) is 11.8 Å². The normalized spacial score (nSPS) is 16.9. The third kappa shape index (κ3) is 4.45. The van der Waals surface area contributed by atoms with Crippen LogP contribution in [-0.4, -0.2) is 42.1 Å². The van der Waals surface area contributed by atoms with E-state index < -0.39 is 5.60 Å². The Labute approximate surface area is 194 Å². The van der Waals surface area contributed by atoms with Crippen molar-refractivity contribution in [2.75, 3.05) is 19.6 Å². The first-order valence-corrected chi connectivity index (χ1v) is 11.4. The van der Waals surface area contributed by atoms with Gasteiger partial charge in [-0.2, -0.15) is 0 Å². The lowest BCUT2D eigenvalue weighted by molar-refractivity contribution is 0.0245. The quantitative estimate of drug-likeness (QED) is 0.501. The molecule has 0 unspecified atom stereocenters. The van der Waals surface area contributed by atoms with Gasteiger partial charge >= 0.3 is 0 Å². The van der Waals surface area contributed by atoms with Crippen molar-refractivity contribution >= 4 is 11.5 Å². The van der Waals surface area contributed by atoms with Gasteiger partial charge in [-0.1, -0.05) is 18.2 Å². The molecule has 0 bridgehead atoms. The molecule has 7 nitrogen and oxygen atoms in total. The summed E-state index contributed by atoms with van der Waals surface area (Å²) >= 11 is 0. The van der Waals surface area contributed by atoms with E-state index in [9.17, 15) is 9.70 Å². The zero-order valence-corrected chi connectivity index (χ0v) is 19.7. The van der Waals surface area contributed by atoms with E-state index >= 15 is 0 Å². The molecule has 2 heterocycles. The van der Waals surface area contributed by atoms with Crippen LogP contribution >= 0.6 is 0 Å². The number of carbonyl (C=O) groups excluding carboxylic acids is 1. The monoisotopic (exact) mass is 449 g/mol. The second kappa shape index (κ2) is 9.25. The average molecular weight is 450 g/mol. The molecule has 33 heavy (non-hydrogen) atoms. The summed E-state index contributed by atoms with van der Waals surface area (Å²) in [5, 5.41) is 2.85. The smallest absolute Gasteiger partial charge is 0.254 e. The van der Waals surface area contributed by atoms with Gasteiger partial charge in [0.1, 0.15) is 17.1 Å². The van der Waals surface area contributed by atoms with E-state index in [0.29, 0.717) is 38.0 Å². The number of amides is 1. The number of aryl methyl sites for hydroxylation is 1. The summed E-state index contributed by atoms with van der Waals surface area (Å²) in [7, 11) is 0. The van der Waals surface area contributed by atoms with E-state index in [0.717, 1.165) is 33.8 Å². The molecule has 2 aliphatic rings. The molecule has 4 rings (SSSR count). The van der Waals surface area contributed by atoms with Gasteiger partial charge in [0.2, 0.25) is 0 Å². The van der Waals surface area contributed by atoms with Crippen LogP contribution in [0.1, 0.15) is 55.1 Å². The number of likely N-dealkylation sites (tertiary alicyclic amines) is 1. The fourth-order valence-corrected chi connectivity index (χ4v) is 4.91. The summed E-state index contributed by atoms with van der Waals surface area (Å²) in [5.74, 6) is 1.63. The van der Waals surface area contributed by atoms with E-state index in [-0.39, 0.29) is 12.0 Å². The fraction of sp³-hybridized carbons (Fsp3) is 0.423. The molecule has 2 aromatic carbocycles. The van der Waals surface area contributed by atoms with Crippen LogP contribution in [0.15, 0.2) is 53.3 Å². The Morgan fingerprint density at radius 3 is 2.58 bits per heavy atom. The Bertz CT molecular complexity index is 1080. The van der Waals surface area contributed by atoms with Crippen LogP contribution in [0.4, 0.5) is 0 Å². The van der Waals surface area contributed by atoms with Crippen molar-refractivity contribution in [2.24, 2.45) is 5.29 Å². The van der Waals surface area contributed by atoms with Gasteiger partial charge in [-0.25, -0.2) is 0 Å². The molecule has 0 atom stereocenters.